The molecular weight excluding hydrogens is 306 g/mol. The smallest absolute Gasteiger partial charge is 0.251 e. The second-order valence-corrected chi connectivity index (χ2v) is 5.27. The zero-order valence-electron chi connectivity index (χ0n) is 14.5. The number of rotatable bonds is 7. The van der Waals surface area contributed by atoms with Crippen LogP contribution in [0.2, 0.25) is 0 Å². The molecule has 2 aromatic carbocycles. The number of methoxy groups -OCH3 is 2. The molecule has 128 valence electrons. The van der Waals surface area contributed by atoms with Crippen molar-refractivity contribution in [3.63, 3.8) is 0 Å². The molecule has 1 N–H and O–H groups in total. The van der Waals surface area contributed by atoms with Gasteiger partial charge in [0.2, 0.25) is 0 Å². The highest BCUT2D eigenvalue weighted by atomic mass is 16.5. The zero-order chi connectivity index (χ0) is 17.5. The van der Waals surface area contributed by atoms with E-state index in [0.717, 1.165) is 11.3 Å². The molecule has 1 atom stereocenters. The summed E-state index contributed by atoms with van der Waals surface area (Å²) in [6, 6.07) is 12.5. The average Bonchev–Trinajstić information content (AvgIpc) is 2.61. The molecule has 0 aliphatic heterocycles. The minimum absolute atomic E-state index is 0.139. The van der Waals surface area contributed by atoms with Crippen LogP contribution in [-0.2, 0) is 0 Å². The van der Waals surface area contributed by atoms with Gasteiger partial charge in [-0.3, -0.25) is 4.79 Å². The molecule has 0 saturated heterocycles. The third-order valence-corrected chi connectivity index (χ3v) is 3.68. The van der Waals surface area contributed by atoms with Gasteiger partial charge in [-0.25, -0.2) is 0 Å². The van der Waals surface area contributed by atoms with Crippen LogP contribution in [0, 0.1) is 0 Å². The molecule has 5 heteroatoms. The van der Waals surface area contributed by atoms with Crippen molar-refractivity contribution in [1.82, 2.24) is 5.32 Å². The van der Waals surface area contributed by atoms with Gasteiger partial charge in [-0.2, -0.15) is 0 Å². The molecule has 0 aliphatic rings. The Balaban J connectivity index is 2.08. The van der Waals surface area contributed by atoms with Gasteiger partial charge in [0.25, 0.3) is 5.91 Å². The summed E-state index contributed by atoms with van der Waals surface area (Å²) in [5.41, 5.74) is 1.53. The van der Waals surface area contributed by atoms with Gasteiger partial charge >= 0.3 is 0 Å². The van der Waals surface area contributed by atoms with Crippen molar-refractivity contribution in [2.75, 3.05) is 20.8 Å². The van der Waals surface area contributed by atoms with Gasteiger partial charge in [0.05, 0.1) is 26.9 Å². The Kier molecular flexibility index (Phi) is 6.07. The first kappa shape index (κ1) is 17.7. The van der Waals surface area contributed by atoms with Crippen LogP contribution < -0.4 is 19.5 Å². The van der Waals surface area contributed by atoms with Crippen LogP contribution in [0.5, 0.6) is 17.2 Å². The van der Waals surface area contributed by atoms with E-state index in [-0.39, 0.29) is 11.9 Å². The summed E-state index contributed by atoms with van der Waals surface area (Å²) in [5.74, 6) is 1.91. The second kappa shape index (κ2) is 8.24. The largest absolute Gasteiger partial charge is 0.494 e. The van der Waals surface area contributed by atoms with E-state index in [2.05, 4.69) is 5.32 Å². The molecule has 0 heterocycles. The first-order chi connectivity index (χ1) is 11.6. The van der Waals surface area contributed by atoms with E-state index >= 15 is 0 Å². The molecule has 2 aromatic rings. The SMILES string of the molecule is CCOc1ccc(C(=O)N[C@H](C)c2ccc(OC)c(OC)c2)cc1. The average molecular weight is 329 g/mol. The van der Waals surface area contributed by atoms with E-state index in [9.17, 15) is 4.79 Å². The molecule has 0 radical (unpaired) electrons. The Labute approximate surface area is 142 Å². The monoisotopic (exact) mass is 329 g/mol. The van der Waals surface area contributed by atoms with Gasteiger partial charge in [-0.05, 0) is 55.8 Å². The van der Waals surface area contributed by atoms with Crippen molar-refractivity contribution in [2.24, 2.45) is 0 Å². The molecule has 0 aromatic heterocycles. The van der Waals surface area contributed by atoms with Crippen molar-refractivity contribution in [2.45, 2.75) is 19.9 Å². The second-order valence-electron chi connectivity index (χ2n) is 5.27. The van der Waals surface area contributed by atoms with Crippen LogP contribution in [0.1, 0.15) is 35.8 Å². The Morgan fingerprint density at radius 1 is 1.04 bits per heavy atom. The third kappa shape index (κ3) is 4.19. The fraction of sp³-hybridized carbons (Fsp3) is 0.316. The fourth-order valence-electron chi connectivity index (χ4n) is 2.35. The van der Waals surface area contributed by atoms with Gasteiger partial charge in [0.15, 0.2) is 11.5 Å². The maximum Gasteiger partial charge on any atom is 0.251 e. The van der Waals surface area contributed by atoms with Crippen LogP contribution in [0.25, 0.3) is 0 Å². The van der Waals surface area contributed by atoms with Crippen LogP contribution in [-0.4, -0.2) is 26.7 Å². The van der Waals surface area contributed by atoms with Gasteiger partial charge < -0.3 is 19.5 Å². The Bertz CT molecular complexity index is 682. The van der Waals surface area contributed by atoms with Crippen molar-refractivity contribution in [3.8, 4) is 17.2 Å². The number of nitrogens with one attached hydrogen (secondary N) is 1. The van der Waals surface area contributed by atoms with E-state index in [4.69, 9.17) is 14.2 Å². The number of hydrogen-bond acceptors (Lipinski definition) is 4. The number of carbonyl (C=O) groups is 1. The molecule has 1 amide bonds. The molecule has 24 heavy (non-hydrogen) atoms. The van der Waals surface area contributed by atoms with E-state index in [1.807, 2.05) is 32.0 Å². The summed E-state index contributed by atoms with van der Waals surface area (Å²) in [6.07, 6.45) is 0. The Hall–Kier alpha value is -2.69. The standard InChI is InChI=1S/C19H23NO4/c1-5-24-16-9-6-14(7-10-16)19(21)20-13(2)15-8-11-17(22-3)18(12-15)23-4/h6-13H,5H2,1-4H3,(H,20,21)/t13-/m1/s1. The van der Waals surface area contributed by atoms with Gasteiger partial charge in [-0.1, -0.05) is 6.07 Å². The molecule has 0 fully saturated rings. The number of ether oxygens (including phenoxy) is 3. The summed E-state index contributed by atoms with van der Waals surface area (Å²) in [7, 11) is 3.18. The predicted molar refractivity (Wildman–Crippen MR) is 93.0 cm³/mol. The third-order valence-electron chi connectivity index (χ3n) is 3.68. The van der Waals surface area contributed by atoms with Gasteiger partial charge in [0, 0.05) is 5.56 Å². The molecule has 0 saturated carbocycles. The lowest BCUT2D eigenvalue weighted by atomic mass is 10.1. The maximum absolute atomic E-state index is 12.4. The highest BCUT2D eigenvalue weighted by Gasteiger charge is 2.14. The first-order valence-electron chi connectivity index (χ1n) is 7.84. The minimum Gasteiger partial charge on any atom is -0.494 e. The van der Waals surface area contributed by atoms with Crippen LogP contribution in [0.15, 0.2) is 42.5 Å². The topological polar surface area (TPSA) is 56.8 Å². The fourth-order valence-corrected chi connectivity index (χ4v) is 2.35. The summed E-state index contributed by atoms with van der Waals surface area (Å²) < 4.78 is 15.9. The predicted octanol–water partition coefficient (Wildman–Crippen LogP) is 3.59. The molecular formula is C19H23NO4. The molecule has 0 bridgehead atoms. The highest BCUT2D eigenvalue weighted by molar-refractivity contribution is 5.94. The maximum atomic E-state index is 12.4. The van der Waals surface area contributed by atoms with Crippen molar-refractivity contribution < 1.29 is 19.0 Å². The molecule has 0 aliphatic carbocycles. The van der Waals surface area contributed by atoms with Crippen LogP contribution in [0.3, 0.4) is 0 Å². The van der Waals surface area contributed by atoms with Crippen LogP contribution >= 0.6 is 0 Å². The van der Waals surface area contributed by atoms with Gasteiger partial charge in [0.1, 0.15) is 5.75 Å². The number of carbonyl (C=O) groups excluding carboxylic acids is 1. The van der Waals surface area contributed by atoms with E-state index in [1.54, 1.807) is 38.5 Å². The number of amides is 1. The number of hydrogen-bond donors (Lipinski definition) is 1. The molecule has 5 nitrogen and oxygen atoms in total. The lowest BCUT2D eigenvalue weighted by Gasteiger charge is -2.16. The summed E-state index contributed by atoms with van der Waals surface area (Å²) in [6.45, 7) is 4.45. The van der Waals surface area contributed by atoms with E-state index in [0.29, 0.717) is 23.7 Å². The van der Waals surface area contributed by atoms with Crippen LogP contribution in [0.4, 0.5) is 0 Å². The molecule has 0 unspecified atom stereocenters. The van der Waals surface area contributed by atoms with Crippen molar-refractivity contribution >= 4 is 5.91 Å². The molecule has 2 rings (SSSR count). The summed E-state index contributed by atoms with van der Waals surface area (Å²) in [5, 5.41) is 2.98. The minimum atomic E-state index is -0.163. The lowest BCUT2D eigenvalue weighted by molar-refractivity contribution is 0.0940. The zero-order valence-corrected chi connectivity index (χ0v) is 14.5. The van der Waals surface area contributed by atoms with E-state index < -0.39 is 0 Å². The highest BCUT2D eigenvalue weighted by Crippen LogP contribution is 2.30. The van der Waals surface area contributed by atoms with E-state index in [1.165, 1.54) is 0 Å². The quantitative estimate of drug-likeness (QED) is 0.843. The molecule has 0 spiro atoms. The lowest BCUT2D eigenvalue weighted by Crippen LogP contribution is -2.26. The Morgan fingerprint density at radius 2 is 1.71 bits per heavy atom. The summed E-state index contributed by atoms with van der Waals surface area (Å²) >= 11 is 0. The Morgan fingerprint density at radius 3 is 2.29 bits per heavy atom. The van der Waals surface area contributed by atoms with Crippen molar-refractivity contribution in [1.29, 1.82) is 0 Å². The van der Waals surface area contributed by atoms with Crippen molar-refractivity contribution in [3.05, 3.63) is 53.6 Å². The normalized spacial score (nSPS) is 11.5. The summed E-state index contributed by atoms with van der Waals surface area (Å²) in [4.78, 5) is 12.4. The van der Waals surface area contributed by atoms with Gasteiger partial charge in [-0.15, -0.1) is 0 Å². The number of benzene rings is 2. The first-order valence-corrected chi connectivity index (χ1v) is 7.84.